The lowest BCUT2D eigenvalue weighted by Crippen LogP contribution is -2.21. The summed E-state index contributed by atoms with van der Waals surface area (Å²) in [5, 5.41) is 14.2. The summed E-state index contributed by atoms with van der Waals surface area (Å²) in [5.41, 5.74) is 1.12. The first kappa shape index (κ1) is 14.6. The number of nitrogens with zero attached hydrogens (tertiary/aromatic N) is 2. The van der Waals surface area contributed by atoms with Gasteiger partial charge in [-0.15, -0.1) is 10.2 Å². The molecule has 19 heavy (non-hydrogen) atoms. The van der Waals surface area contributed by atoms with Gasteiger partial charge in [-0.1, -0.05) is 53.2 Å². The van der Waals surface area contributed by atoms with E-state index in [1.54, 1.807) is 11.3 Å². The third-order valence-electron chi connectivity index (χ3n) is 2.88. The van der Waals surface area contributed by atoms with Crippen molar-refractivity contribution in [3.63, 3.8) is 0 Å². The van der Waals surface area contributed by atoms with Gasteiger partial charge in [-0.25, -0.2) is 0 Å². The van der Waals surface area contributed by atoms with Gasteiger partial charge in [-0.3, -0.25) is 0 Å². The van der Waals surface area contributed by atoms with Gasteiger partial charge in [-0.2, -0.15) is 0 Å². The average molecular weight is 340 g/mol. The van der Waals surface area contributed by atoms with Gasteiger partial charge in [-0.05, 0) is 31.5 Å². The minimum Gasteiger partial charge on any atom is -0.308 e. The molecule has 1 aromatic heterocycles. The van der Waals surface area contributed by atoms with Crippen LogP contribution in [0.3, 0.4) is 0 Å². The predicted molar refractivity (Wildman–Crippen MR) is 84.4 cm³/mol. The van der Waals surface area contributed by atoms with Gasteiger partial charge >= 0.3 is 0 Å². The van der Waals surface area contributed by atoms with E-state index in [1.807, 2.05) is 12.1 Å². The Morgan fingerprint density at radius 3 is 2.58 bits per heavy atom. The van der Waals surface area contributed by atoms with Crippen LogP contribution in [0, 0.1) is 0 Å². The molecule has 1 aromatic carbocycles. The van der Waals surface area contributed by atoms with Crippen molar-refractivity contribution in [2.24, 2.45) is 0 Å². The third kappa shape index (κ3) is 3.84. The number of aromatic nitrogens is 2. The Morgan fingerprint density at radius 1 is 1.21 bits per heavy atom. The minimum absolute atomic E-state index is 0.321. The van der Waals surface area contributed by atoms with Gasteiger partial charge in [0.05, 0.1) is 6.04 Å². The average Bonchev–Trinajstić information content (AvgIpc) is 2.90. The molecule has 0 amide bonds. The van der Waals surface area contributed by atoms with Crippen molar-refractivity contribution in [3.8, 4) is 10.6 Å². The Kier molecular flexibility index (Phi) is 5.48. The van der Waals surface area contributed by atoms with Crippen LogP contribution in [0.2, 0.25) is 0 Å². The van der Waals surface area contributed by atoms with E-state index in [1.165, 1.54) is 0 Å². The zero-order valence-electron chi connectivity index (χ0n) is 11.2. The summed E-state index contributed by atoms with van der Waals surface area (Å²) >= 11 is 5.12. The Hall–Kier alpha value is -0.780. The highest BCUT2D eigenvalue weighted by atomic mass is 79.9. The minimum atomic E-state index is 0.321. The van der Waals surface area contributed by atoms with Crippen LogP contribution < -0.4 is 5.32 Å². The summed E-state index contributed by atoms with van der Waals surface area (Å²) < 4.78 is 1.08. The Balaban J connectivity index is 2.15. The highest BCUT2D eigenvalue weighted by Gasteiger charge is 2.14. The van der Waals surface area contributed by atoms with Gasteiger partial charge < -0.3 is 5.32 Å². The molecular formula is C14H18BrN3S. The van der Waals surface area contributed by atoms with Crippen molar-refractivity contribution in [2.45, 2.75) is 32.7 Å². The number of rotatable bonds is 6. The molecule has 0 saturated heterocycles. The summed E-state index contributed by atoms with van der Waals surface area (Å²) in [6, 6.07) is 8.51. The molecule has 2 rings (SSSR count). The zero-order valence-corrected chi connectivity index (χ0v) is 13.6. The normalized spacial score (nSPS) is 12.6. The lowest BCUT2D eigenvalue weighted by atomic mass is 10.2. The second-order valence-electron chi connectivity index (χ2n) is 4.37. The maximum atomic E-state index is 4.33. The quantitative estimate of drug-likeness (QED) is 0.846. The molecule has 1 unspecified atom stereocenters. The van der Waals surface area contributed by atoms with Crippen LogP contribution in [0.5, 0.6) is 0 Å². The van der Waals surface area contributed by atoms with E-state index in [0.717, 1.165) is 39.4 Å². The molecule has 0 spiro atoms. The first-order valence-electron chi connectivity index (χ1n) is 6.57. The van der Waals surface area contributed by atoms with Crippen LogP contribution in [0.25, 0.3) is 10.6 Å². The first-order valence-corrected chi connectivity index (χ1v) is 8.18. The number of halogens is 1. The van der Waals surface area contributed by atoms with Crippen molar-refractivity contribution >= 4 is 27.3 Å². The SMILES string of the molecule is CCCNC(CC)c1nnc(-c2ccc(Br)cc2)s1. The molecule has 1 atom stereocenters. The van der Waals surface area contributed by atoms with Gasteiger partial charge in [0.2, 0.25) is 0 Å². The van der Waals surface area contributed by atoms with Crippen LogP contribution in [-0.4, -0.2) is 16.7 Å². The highest BCUT2D eigenvalue weighted by molar-refractivity contribution is 9.10. The number of hydrogen-bond acceptors (Lipinski definition) is 4. The van der Waals surface area contributed by atoms with Crippen molar-refractivity contribution in [1.82, 2.24) is 15.5 Å². The van der Waals surface area contributed by atoms with E-state index in [2.05, 4.69) is 57.4 Å². The summed E-state index contributed by atoms with van der Waals surface area (Å²) in [4.78, 5) is 0. The highest BCUT2D eigenvalue weighted by Crippen LogP contribution is 2.28. The molecule has 0 fully saturated rings. The molecule has 1 heterocycles. The van der Waals surface area contributed by atoms with Gasteiger partial charge in [0.25, 0.3) is 0 Å². The van der Waals surface area contributed by atoms with Gasteiger partial charge in [0.1, 0.15) is 10.0 Å². The van der Waals surface area contributed by atoms with E-state index in [9.17, 15) is 0 Å². The summed E-state index contributed by atoms with van der Waals surface area (Å²) in [7, 11) is 0. The summed E-state index contributed by atoms with van der Waals surface area (Å²) in [6.07, 6.45) is 2.17. The van der Waals surface area contributed by atoms with Crippen LogP contribution >= 0.6 is 27.3 Å². The molecular weight excluding hydrogens is 322 g/mol. The van der Waals surface area contributed by atoms with Crippen molar-refractivity contribution in [2.75, 3.05) is 6.54 Å². The van der Waals surface area contributed by atoms with Crippen molar-refractivity contribution < 1.29 is 0 Å². The maximum Gasteiger partial charge on any atom is 0.147 e. The predicted octanol–water partition coefficient (Wildman–Crippen LogP) is 4.42. The lowest BCUT2D eigenvalue weighted by molar-refractivity contribution is 0.513. The van der Waals surface area contributed by atoms with E-state index >= 15 is 0 Å². The molecule has 102 valence electrons. The van der Waals surface area contributed by atoms with Gasteiger partial charge in [0, 0.05) is 10.0 Å². The van der Waals surface area contributed by atoms with Crippen molar-refractivity contribution in [3.05, 3.63) is 33.7 Å². The summed E-state index contributed by atoms with van der Waals surface area (Å²) in [5.74, 6) is 0. The van der Waals surface area contributed by atoms with Crippen LogP contribution in [0.15, 0.2) is 28.7 Å². The maximum absolute atomic E-state index is 4.33. The number of benzene rings is 1. The fourth-order valence-corrected chi connectivity index (χ4v) is 3.08. The molecule has 2 aromatic rings. The van der Waals surface area contributed by atoms with Crippen LogP contribution in [0.4, 0.5) is 0 Å². The largest absolute Gasteiger partial charge is 0.308 e. The molecule has 0 aliphatic carbocycles. The number of nitrogens with one attached hydrogen (secondary N) is 1. The van der Waals surface area contributed by atoms with E-state index in [0.29, 0.717) is 6.04 Å². The van der Waals surface area contributed by atoms with Crippen molar-refractivity contribution in [1.29, 1.82) is 0 Å². The monoisotopic (exact) mass is 339 g/mol. The smallest absolute Gasteiger partial charge is 0.147 e. The molecule has 0 aliphatic rings. The number of hydrogen-bond donors (Lipinski definition) is 1. The standard InChI is InChI=1S/C14H18BrN3S/c1-3-9-16-12(4-2)14-18-17-13(19-14)10-5-7-11(15)8-6-10/h5-8,12,16H,3-4,9H2,1-2H3. The molecule has 0 saturated carbocycles. The second kappa shape index (κ2) is 7.12. The summed E-state index contributed by atoms with van der Waals surface area (Å²) in [6.45, 7) is 5.37. The van der Waals surface area contributed by atoms with E-state index in [-0.39, 0.29) is 0 Å². The van der Waals surface area contributed by atoms with E-state index < -0.39 is 0 Å². The van der Waals surface area contributed by atoms with Gasteiger partial charge in [0.15, 0.2) is 0 Å². The lowest BCUT2D eigenvalue weighted by Gasteiger charge is -2.12. The molecule has 5 heteroatoms. The Bertz CT molecular complexity index is 510. The fourth-order valence-electron chi connectivity index (χ4n) is 1.81. The van der Waals surface area contributed by atoms with Crippen LogP contribution in [-0.2, 0) is 0 Å². The molecule has 0 radical (unpaired) electrons. The second-order valence-corrected chi connectivity index (χ2v) is 6.29. The van der Waals surface area contributed by atoms with Crippen LogP contribution in [0.1, 0.15) is 37.7 Å². The zero-order chi connectivity index (χ0) is 13.7. The third-order valence-corrected chi connectivity index (χ3v) is 4.49. The molecule has 1 N–H and O–H groups in total. The molecule has 0 bridgehead atoms. The Morgan fingerprint density at radius 2 is 1.95 bits per heavy atom. The topological polar surface area (TPSA) is 37.8 Å². The molecule has 0 aliphatic heterocycles. The Labute approximate surface area is 126 Å². The fraction of sp³-hybridized carbons (Fsp3) is 0.429. The molecule has 3 nitrogen and oxygen atoms in total. The first-order chi connectivity index (χ1) is 9.24. The van der Waals surface area contributed by atoms with E-state index in [4.69, 9.17) is 0 Å².